The third kappa shape index (κ3) is 4.23. The van der Waals surface area contributed by atoms with E-state index < -0.39 is 0 Å². The Labute approximate surface area is 203 Å². The summed E-state index contributed by atoms with van der Waals surface area (Å²) in [6.07, 6.45) is 10.4. The minimum atomic E-state index is -0.272. The van der Waals surface area contributed by atoms with Gasteiger partial charge in [-0.3, -0.25) is 14.5 Å². The molecule has 4 heterocycles. The second-order valence-electron chi connectivity index (χ2n) is 9.70. The van der Waals surface area contributed by atoms with Gasteiger partial charge in [0.1, 0.15) is 11.2 Å². The van der Waals surface area contributed by atoms with Crippen molar-refractivity contribution in [2.75, 3.05) is 23.3 Å². The van der Waals surface area contributed by atoms with Crippen molar-refractivity contribution in [2.24, 2.45) is 7.05 Å². The Morgan fingerprint density at radius 1 is 1.09 bits per heavy atom. The number of piperidine rings is 1. The molecule has 35 heavy (non-hydrogen) atoms. The van der Waals surface area contributed by atoms with Gasteiger partial charge in [-0.1, -0.05) is 0 Å². The molecule has 1 aliphatic carbocycles. The van der Waals surface area contributed by atoms with Crippen LogP contribution in [-0.4, -0.2) is 60.3 Å². The van der Waals surface area contributed by atoms with Crippen molar-refractivity contribution in [2.45, 2.75) is 51.3 Å². The number of imidazole rings is 1. The van der Waals surface area contributed by atoms with Crippen molar-refractivity contribution in [1.82, 2.24) is 29.5 Å². The molecule has 1 amide bonds. The fourth-order valence-corrected chi connectivity index (χ4v) is 5.08. The molecular weight excluding hydrogens is 444 g/mol. The highest BCUT2D eigenvalue weighted by Gasteiger charge is 2.28. The second kappa shape index (κ2) is 8.62. The average molecular weight is 475 g/mol. The van der Waals surface area contributed by atoms with E-state index in [0.29, 0.717) is 34.3 Å². The molecule has 0 atom stereocenters. The van der Waals surface area contributed by atoms with Crippen LogP contribution in [0.3, 0.4) is 0 Å². The fraction of sp³-hybridized carbons (Fsp3) is 0.440. The molecule has 10 nitrogen and oxygen atoms in total. The largest absolute Gasteiger partial charge is 0.390 e. The molecule has 2 fully saturated rings. The van der Waals surface area contributed by atoms with Gasteiger partial charge < -0.3 is 25.0 Å². The zero-order valence-electron chi connectivity index (χ0n) is 20.0. The molecule has 0 radical (unpaired) electrons. The molecule has 1 saturated heterocycles. The molecule has 2 aliphatic rings. The molecular formula is C25H30N8O2. The number of aliphatic hydroxyl groups is 1. The maximum atomic E-state index is 13.3. The van der Waals surface area contributed by atoms with E-state index in [2.05, 4.69) is 30.6 Å². The van der Waals surface area contributed by atoms with Crippen LogP contribution in [0.15, 0.2) is 30.7 Å². The Hall–Kier alpha value is -3.50. The molecule has 3 aromatic heterocycles. The lowest BCUT2D eigenvalue weighted by atomic mass is 10.0. The molecule has 1 saturated carbocycles. The Kier molecular flexibility index (Phi) is 5.42. The number of anilines is 2. The molecule has 182 valence electrons. The van der Waals surface area contributed by atoms with Crippen LogP contribution in [-0.2, 0) is 13.7 Å². The lowest BCUT2D eigenvalue weighted by Crippen LogP contribution is -2.43. The standard InChI is InChI=1S/C25H30N8O2/c1-15-11-33-13-22(28-24(33)20(14-34)26-15)29-25(35)18-5-6-21(19-12-31(2)30-23(18)19)32-9-7-17(8-10-32)27-16-3-4-16/h5-6,11-13,16-17,27,34H,3-4,7-10,14H2,1-2H3,(H,29,35). The lowest BCUT2D eigenvalue weighted by Gasteiger charge is -2.34. The molecule has 4 aromatic rings. The summed E-state index contributed by atoms with van der Waals surface area (Å²) in [7, 11) is 1.88. The number of hydrogen-bond acceptors (Lipinski definition) is 7. The van der Waals surface area contributed by atoms with E-state index in [-0.39, 0.29) is 12.5 Å². The first kappa shape index (κ1) is 22.0. The van der Waals surface area contributed by atoms with Crippen molar-refractivity contribution in [3.63, 3.8) is 0 Å². The summed E-state index contributed by atoms with van der Waals surface area (Å²) in [6.45, 7) is 3.60. The summed E-state index contributed by atoms with van der Waals surface area (Å²) in [4.78, 5) is 24.5. The number of nitrogens with one attached hydrogen (secondary N) is 2. The number of benzene rings is 1. The van der Waals surface area contributed by atoms with Gasteiger partial charge in [0.25, 0.3) is 5.91 Å². The van der Waals surface area contributed by atoms with Gasteiger partial charge in [-0.2, -0.15) is 5.10 Å². The molecule has 0 bridgehead atoms. The molecule has 10 heteroatoms. The van der Waals surface area contributed by atoms with Gasteiger partial charge in [-0.15, -0.1) is 0 Å². The van der Waals surface area contributed by atoms with E-state index in [1.807, 2.05) is 38.5 Å². The second-order valence-corrected chi connectivity index (χ2v) is 9.70. The third-order valence-electron chi connectivity index (χ3n) is 6.92. The number of fused-ring (bicyclic) bond motifs is 2. The van der Waals surface area contributed by atoms with Crippen LogP contribution in [0.25, 0.3) is 16.6 Å². The first-order chi connectivity index (χ1) is 17.0. The summed E-state index contributed by atoms with van der Waals surface area (Å²) in [5.74, 6) is 0.127. The van der Waals surface area contributed by atoms with Gasteiger partial charge in [-0.05, 0) is 44.7 Å². The fourth-order valence-electron chi connectivity index (χ4n) is 5.08. The van der Waals surface area contributed by atoms with E-state index in [4.69, 9.17) is 0 Å². The summed E-state index contributed by atoms with van der Waals surface area (Å²) in [6, 6.07) is 5.23. The Morgan fingerprint density at radius 3 is 2.60 bits per heavy atom. The van der Waals surface area contributed by atoms with E-state index in [1.54, 1.807) is 15.3 Å². The van der Waals surface area contributed by atoms with Crippen LogP contribution >= 0.6 is 0 Å². The average Bonchev–Trinajstić information content (AvgIpc) is 3.43. The van der Waals surface area contributed by atoms with Crippen LogP contribution in [0.5, 0.6) is 0 Å². The number of carbonyl (C=O) groups is 1. The molecule has 0 spiro atoms. The highest BCUT2D eigenvalue weighted by Crippen LogP contribution is 2.32. The third-order valence-corrected chi connectivity index (χ3v) is 6.92. The zero-order valence-corrected chi connectivity index (χ0v) is 20.0. The monoisotopic (exact) mass is 474 g/mol. The van der Waals surface area contributed by atoms with Crippen molar-refractivity contribution in [1.29, 1.82) is 0 Å². The molecule has 0 unspecified atom stereocenters. The topological polar surface area (TPSA) is 113 Å². The predicted molar refractivity (Wildman–Crippen MR) is 134 cm³/mol. The summed E-state index contributed by atoms with van der Waals surface area (Å²) >= 11 is 0. The number of aromatic nitrogens is 5. The van der Waals surface area contributed by atoms with Crippen LogP contribution in [0.4, 0.5) is 11.5 Å². The maximum Gasteiger partial charge on any atom is 0.259 e. The van der Waals surface area contributed by atoms with Gasteiger partial charge in [0.15, 0.2) is 11.5 Å². The highest BCUT2D eigenvalue weighted by atomic mass is 16.3. The molecule has 1 aliphatic heterocycles. The van der Waals surface area contributed by atoms with Crippen LogP contribution in [0.2, 0.25) is 0 Å². The van der Waals surface area contributed by atoms with Gasteiger partial charge >= 0.3 is 0 Å². The van der Waals surface area contributed by atoms with Gasteiger partial charge in [0.05, 0.1) is 24.1 Å². The quantitative estimate of drug-likeness (QED) is 0.393. The number of aryl methyl sites for hydroxylation is 2. The van der Waals surface area contributed by atoms with Crippen LogP contribution in [0.1, 0.15) is 47.4 Å². The van der Waals surface area contributed by atoms with E-state index in [1.165, 1.54) is 12.8 Å². The molecule has 6 rings (SSSR count). The van der Waals surface area contributed by atoms with Crippen LogP contribution in [0, 0.1) is 6.92 Å². The van der Waals surface area contributed by atoms with Crippen molar-refractivity contribution in [3.8, 4) is 0 Å². The maximum absolute atomic E-state index is 13.3. The number of aliphatic hydroxyl groups excluding tert-OH is 1. The number of nitrogens with zero attached hydrogens (tertiary/aromatic N) is 6. The lowest BCUT2D eigenvalue weighted by molar-refractivity contribution is 0.102. The minimum Gasteiger partial charge on any atom is -0.390 e. The van der Waals surface area contributed by atoms with Gasteiger partial charge in [-0.25, -0.2) is 4.98 Å². The molecule has 3 N–H and O–H groups in total. The van der Waals surface area contributed by atoms with E-state index >= 15 is 0 Å². The van der Waals surface area contributed by atoms with E-state index in [0.717, 1.165) is 48.7 Å². The summed E-state index contributed by atoms with van der Waals surface area (Å²) in [5, 5.41) is 21.9. The van der Waals surface area contributed by atoms with Crippen molar-refractivity contribution >= 4 is 34.0 Å². The van der Waals surface area contributed by atoms with Gasteiger partial charge in [0, 0.05) is 55.7 Å². The first-order valence-corrected chi connectivity index (χ1v) is 12.2. The van der Waals surface area contributed by atoms with Crippen molar-refractivity contribution < 1.29 is 9.90 Å². The predicted octanol–water partition coefficient (Wildman–Crippen LogP) is 2.39. The minimum absolute atomic E-state index is 0.223. The summed E-state index contributed by atoms with van der Waals surface area (Å²) in [5.41, 5.74) is 4.05. The van der Waals surface area contributed by atoms with Crippen LogP contribution < -0.4 is 15.5 Å². The van der Waals surface area contributed by atoms with Gasteiger partial charge in [0.2, 0.25) is 0 Å². The zero-order chi connectivity index (χ0) is 24.1. The number of rotatable bonds is 6. The Morgan fingerprint density at radius 2 is 1.86 bits per heavy atom. The summed E-state index contributed by atoms with van der Waals surface area (Å²) < 4.78 is 3.53. The highest BCUT2D eigenvalue weighted by molar-refractivity contribution is 6.13. The van der Waals surface area contributed by atoms with Crippen molar-refractivity contribution in [3.05, 3.63) is 47.7 Å². The number of amides is 1. The molecule has 1 aromatic carbocycles. The first-order valence-electron chi connectivity index (χ1n) is 12.2. The smallest absolute Gasteiger partial charge is 0.259 e. The Bertz CT molecular complexity index is 1410. The normalized spacial score (nSPS) is 16.9. The Balaban J connectivity index is 1.25. The SMILES string of the molecule is Cc1cn2cc(NC(=O)c3ccc(N4CCC(NC5CC5)CC4)c4cn(C)nc34)nc2c(CO)n1. The number of carbonyl (C=O) groups excluding carboxylic acids is 1. The van der Waals surface area contributed by atoms with E-state index in [9.17, 15) is 9.90 Å². The number of hydrogen-bond donors (Lipinski definition) is 3.